The van der Waals surface area contributed by atoms with Crippen molar-refractivity contribution in [3.8, 4) is 6.07 Å². The Labute approximate surface area is 116 Å². The third kappa shape index (κ3) is 2.44. The van der Waals surface area contributed by atoms with Crippen molar-refractivity contribution >= 4 is 22.7 Å². The lowest BCUT2D eigenvalue weighted by molar-refractivity contribution is 0.127. The lowest BCUT2D eigenvalue weighted by Gasteiger charge is -2.13. The average molecular weight is 270 g/mol. The van der Waals surface area contributed by atoms with Gasteiger partial charge in [-0.05, 0) is 25.5 Å². The van der Waals surface area contributed by atoms with Crippen LogP contribution in [-0.4, -0.2) is 22.9 Å². The molecule has 1 aromatic heterocycles. The van der Waals surface area contributed by atoms with E-state index in [0.29, 0.717) is 10.8 Å². The first-order chi connectivity index (χ1) is 9.28. The van der Waals surface area contributed by atoms with Gasteiger partial charge in [0.2, 0.25) is 0 Å². The number of rotatable bonds is 2. The lowest BCUT2D eigenvalue weighted by atomic mass is 10.1. The number of fused-ring (bicyclic) bond motifs is 1. The summed E-state index contributed by atoms with van der Waals surface area (Å²) in [5.41, 5.74) is 1.58. The van der Waals surface area contributed by atoms with Crippen LogP contribution < -0.4 is 0 Å². The standard InChI is InChI=1S/C15H14N2OS/c1-10-14(6-7-18-10)19-15-8-11(9-16)12-4-2-3-5-13(12)17-15/h2-5,8,10,14H,6-7H2,1H3. The first-order valence-electron chi connectivity index (χ1n) is 6.36. The molecule has 3 nitrogen and oxygen atoms in total. The minimum atomic E-state index is 0.254. The number of pyridine rings is 1. The molecule has 1 aliphatic rings. The fraction of sp³-hybridized carbons (Fsp3) is 0.333. The smallest absolute Gasteiger partial charge is 0.0999 e. The van der Waals surface area contributed by atoms with E-state index in [9.17, 15) is 5.26 Å². The first kappa shape index (κ1) is 12.5. The molecule has 0 amide bonds. The van der Waals surface area contributed by atoms with Gasteiger partial charge in [-0.1, -0.05) is 18.2 Å². The van der Waals surface area contributed by atoms with Crippen LogP contribution in [0.15, 0.2) is 35.4 Å². The maximum absolute atomic E-state index is 9.26. The highest BCUT2D eigenvalue weighted by Crippen LogP contribution is 2.33. The Hall–Kier alpha value is -1.57. The van der Waals surface area contributed by atoms with Gasteiger partial charge in [0.15, 0.2) is 0 Å². The van der Waals surface area contributed by atoms with Gasteiger partial charge in [0.25, 0.3) is 0 Å². The van der Waals surface area contributed by atoms with Crippen molar-refractivity contribution < 1.29 is 4.74 Å². The topological polar surface area (TPSA) is 45.9 Å². The average Bonchev–Trinajstić information content (AvgIpc) is 2.83. The van der Waals surface area contributed by atoms with Crippen molar-refractivity contribution in [1.29, 1.82) is 5.26 Å². The third-order valence-electron chi connectivity index (χ3n) is 3.39. The van der Waals surface area contributed by atoms with Crippen LogP contribution in [0.25, 0.3) is 10.9 Å². The zero-order valence-corrected chi connectivity index (χ0v) is 11.5. The van der Waals surface area contributed by atoms with Crippen LogP contribution in [0.5, 0.6) is 0 Å². The Morgan fingerprint density at radius 3 is 3.00 bits per heavy atom. The normalized spacial score (nSPS) is 22.5. The second-order valence-corrected chi connectivity index (χ2v) is 5.92. The highest BCUT2D eigenvalue weighted by Gasteiger charge is 2.25. The molecule has 2 unspecified atom stereocenters. The van der Waals surface area contributed by atoms with E-state index in [4.69, 9.17) is 4.74 Å². The van der Waals surface area contributed by atoms with Crippen molar-refractivity contribution in [3.63, 3.8) is 0 Å². The quantitative estimate of drug-likeness (QED) is 0.839. The fourth-order valence-electron chi connectivity index (χ4n) is 2.33. The van der Waals surface area contributed by atoms with Gasteiger partial charge >= 0.3 is 0 Å². The predicted molar refractivity (Wildman–Crippen MR) is 76.1 cm³/mol. The van der Waals surface area contributed by atoms with Crippen LogP contribution in [0.2, 0.25) is 0 Å². The second-order valence-electron chi connectivity index (χ2n) is 4.66. The van der Waals surface area contributed by atoms with Crippen molar-refractivity contribution in [2.24, 2.45) is 0 Å². The molecule has 0 aliphatic carbocycles. The number of para-hydroxylation sites is 1. The molecule has 0 bridgehead atoms. The SMILES string of the molecule is CC1OCCC1Sc1cc(C#N)c2ccccc2n1. The molecule has 2 atom stereocenters. The van der Waals surface area contributed by atoms with E-state index < -0.39 is 0 Å². The molecule has 1 saturated heterocycles. The summed E-state index contributed by atoms with van der Waals surface area (Å²) in [7, 11) is 0. The Morgan fingerprint density at radius 2 is 2.26 bits per heavy atom. The van der Waals surface area contributed by atoms with Crippen LogP contribution in [0.1, 0.15) is 18.9 Å². The molecule has 3 rings (SSSR count). The molecule has 0 saturated carbocycles. The molecule has 1 aromatic carbocycles. The number of aromatic nitrogens is 1. The summed E-state index contributed by atoms with van der Waals surface area (Å²) in [4.78, 5) is 4.64. The molecule has 2 heterocycles. The van der Waals surface area contributed by atoms with Crippen molar-refractivity contribution in [3.05, 3.63) is 35.9 Å². The number of nitriles is 1. The minimum absolute atomic E-state index is 0.254. The Morgan fingerprint density at radius 1 is 1.42 bits per heavy atom. The van der Waals surface area contributed by atoms with E-state index in [1.807, 2.05) is 30.3 Å². The second kappa shape index (κ2) is 5.20. The Balaban J connectivity index is 1.98. The predicted octanol–water partition coefficient (Wildman–Crippen LogP) is 3.38. The summed E-state index contributed by atoms with van der Waals surface area (Å²) in [6, 6.07) is 11.9. The number of hydrogen-bond donors (Lipinski definition) is 0. The van der Waals surface area contributed by atoms with Gasteiger partial charge in [-0.25, -0.2) is 4.98 Å². The lowest BCUT2D eigenvalue weighted by Crippen LogP contribution is -2.13. The van der Waals surface area contributed by atoms with Crippen LogP contribution in [0.3, 0.4) is 0 Å². The van der Waals surface area contributed by atoms with E-state index in [0.717, 1.165) is 29.0 Å². The van der Waals surface area contributed by atoms with Crippen molar-refractivity contribution in [2.45, 2.75) is 29.7 Å². The number of ether oxygens (including phenoxy) is 1. The number of hydrogen-bond acceptors (Lipinski definition) is 4. The molecule has 19 heavy (non-hydrogen) atoms. The molecular weight excluding hydrogens is 256 g/mol. The zero-order valence-electron chi connectivity index (χ0n) is 10.7. The highest BCUT2D eigenvalue weighted by molar-refractivity contribution is 7.99. The maximum atomic E-state index is 9.26. The van der Waals surface area contributed by atoms with Gasteiger partial charge < -0.3 is 4.74 Å². The molecule has 2 aromatic rings. The Bertz CT molecular complexity index is 650. The van der Waals surface area contributed by atoms with E-state index in [1.54, 1.807) is 11.8 Å². The first-order valence-corrected chi connectivity index (χ1v) is 7.24. The van der Waals surface area contributed by atoms with E-state index in [-0.39, 0.29) is 6.10 Å². The monoisotopic (exact) mass is 270 g/mol. The van der Waals surface area contributed by atoms with Gasteiger partial charge in [0.1, 0.15) is 0 Å². The summed E-state index contributed by atoms with van der Waals surface area (Å²) < 4.78 is 5.57. The Kier molecular flexibility index (Phi) is 3.41. The number of nitrogens with zero attached hydrogens (tertiary/aromatic N) is 2. The molecule has 4 heteroatoms. The number of benzene rings is 1. The molecular formula is C15H14N2OS. The van der Waals surface area contributed by atoms with Crippen LogP contribution >= 0.6 is 11.8 Å². The summed E-state index contributed by atoms with van der Waals surface area (Å²) in [5.74, 6) is 0. The van der Waals surface area contributed by atoms with Gasteiger partial charge in [-0.15, -0.1) is 11.8 Å². The van der Waals surface area contributed by atoms with Gasteiger partial charge in [-0.2, -0.15) is 5.26 Å². The molecule has 1 aliphatic heterocycles. The third-order valence-corrected chi connectivity index (χ3v) is 4.76. The van der Waals surface area contributed by atoms with Gasteiger partial charge in [0.05, 0.1) is 28.3 Å². The van der Waals surface area contributed by atoms with Gasteiger partial charge in [-0.3, -0.25) is 0 Å². The van der Waals surface area contributed by atoms with Crippen molar-refractivity contribution in [1.82, 2.24) is 4.98 Å². The molecule has 0 spiro atoms. The minimum Gasteiger partial charge on any atom is -0.377 e. The summed E-state index contributed by atoms with van der Waals surface area (Å²) in [6.07, 6.45) is 1.30. The van der Waals surface area contributed by atoms with Crippen LogP contribution in [-0.2, 0) is 4.74 Å². The maximum Gasteiger partial charge on any atom is 0.0999 e. The molecule has 96 valence electrons. The number of thioether (sulfide) groups is 1. The van der Waals surface area contributed by atoms with E-state index in [1.165, 1.54) is 0 Å². The van der Waals surface area contributed by atoms with E-state index in [2.05, 4.69) is 18.0 Å². The zero-order chi connectivity index (χ0) is 13.2. The van der Waals surface area contributed by atoms with Crippen LogP contribution in [0.4, 0.5) is 0 Å². The molecule has 0 radical (unpaired) electrons. The summed E-state index contributed by atoms with van der Waals surface area (Å²) in [5, 5.41) is 11.5. The highest BCUT2D eigenvalue weighted by atomic mass is 32.2. The van der Waals surface area contributed by atoms with Gasteiger partial charge in [0, 0.05) is 17.2 Å². The van der Waals surface area contributed by atoms with Crippen molar-refractivity contribution in [2.75, 3.05) is 6.61 Å². The molecule has 0 N–H and O–H groups in total. The largest absolute Gasteiger partial charge is 0.377 e. The fourth-order valence-corrected chi connectivity index (χ4v) is 3.46. The van der Waals surface area contributed by atoms with Crippen LogP contribution in [0, 0.1) is 11.3 Å². The summed E-state index contributed by atoms with van der Waals surface area (Å²) in [6.45, 7) is 2.91. The summed E-state index contributed by atoms with van der Waals surface area (Å²) >= 11 is 1.72. The molecule has 1 fully saturated rings. The van der Waals surface area contributed by atoms with E-state index >= 15 is 0 Å².